The zero-order chi connectivity index (χ0) is 19.4. The average molecular weight is 407 g/mol. The van der Waals surface area contributed by atoms with E-state index in [0.29, 0.717) is 17.1 Å². The van der Waals surface area contributed by atoms with Crippen LogP contribution in [-0.2, 0) is 4.79 Å². The smallest absolute Gasteiger partial charge is 0.279 e. The fraction of sp³-hybridized carbons (Fsp3) is 0.300. The van der Waals surface area contributed by atoms with E-state index in [1.54, 1.807) is 24.5 Å². The van der Waals surface area contributed by atoms with Crippen LogP contribution in [0.4, 0.5) is 10.1 Å². The molecule has 0 saturated carbocycles. The van der Waals surface area contributed by atoms with Gasteiger partial charge in [-0.2, -0.15) is 0 Å². The molecule has 150 valence electrons. The Morgan fingerprint density at radius 1 is 1.29 bits per heavy atom. The van der Waals surface area contributed by atoms with Crippen molar-refractivity contribution in [3.8, 4) is 11.5 Å². The van der Waals surface area contributed by atoms with Crippen molar-refractivity contribution in [1.29, 1.82) is 0 Å². The van der Waals surface area contributed by atoms with Gasteiger partial charge in [0.15, 0.2) is 18.1 Å². The molecule has 0 aliphatic carbocycles. The first-order valence-corrected chi connectivity index (χ1v) is 8.92. The Bertz CT molecular complexity index is 958. The lowest BCUT2D eigenvalue weighted by Gasteiger charge is -2.20. The van der Waals surface area contributed by atoms with Gasteiger partial charge in [-0.1, -0.05) is 6.92 Å². The number of benzene rings is 1. The molecule has 1 amide bonds. The number of aromatic amines is 1. The lowest BCUT2D eigenvalue weighted by Crippen LogP contribution is -3.00. The molecule has 0 spiro atoms. The number of nitrogens with zero attached hydrogens (tertiary/aromatic N) is 1. The van der Waals surface area contributed by atoms with Crippen LogP contribution in [0.1, 0.15) is 27.2 Å². The predicted molar refractivity (Wildman–Crippen MR) is 102 cm³/mol. The largest absolute Gasteiger partial charge is 1.00 e. The summed E-state index contributed by atoms with van der Waals surface area (Å²) in [6.45, 7) is 6.51. The number of carbonyl (C=O) groups excluding carboxylic acids is 1. The Morgan fingerprint density at radius 2 is 2.07 bits per heavy atom. The monoisotopic (exact) mass is 406 g/mol. The molecule has 3 rings (SSSR count). The van der Waals surface area contributed by atoms with Gasteiger partial charge in [-0.25, -0.2) is 9.37 Å². The molecular weight excluding hydrogens is 383 g/mol. The van der Waals surface area contributed by atoms with Crippen LogP contribution in [-0.4, -0.2) is 28.0 Å². The Hall–Kier alpha value is -2.64. The maximum Gasteiger partial charge on any atom is 0.279 e. The number of nitrogens with one attached hydrogen (secondary N) is 2. The highest BCUT2D eigenvalue weighted by Gasteiger charge is 2.20. The van der Waals surface area contributed by atoms with Gasteiger partial charge in [0, 0.05) is 24.1 Å². The molecule has 0 unspecified atom stereocenters. The number of halogens is 2. The third-order valence-electron chi connectivity index (χ3n) is 4.61. The molecule has 0 radical (unpaired) electrons. The molecule has 0 saturated heterocycles. The Morgan fingerprint density at radius 3 is 2.79 bits per heavy atom. The number of rotatable bonds is 7. The maximum atomic E-state index is 14.4. The summed E-state index contributed by atoms with van der Waals surface area (Å²) in [5.41, 5.74) is 1.06. The van der Waals surface area contributed by atoms with E-state index < -0.39 is 5.82 Å². The van der Waals surface area contributed by atoms with Gasteiger partial charge in [0.2, 0.25) is 0 Å². The van der Waals surface area contributed by atoms with Crippen molar-refractivity contribution in [2.75, 3.05) is 11.9 Å². The van der Waals surface area contributed by atoms with E-state index in [-0.39, 0.29) is 36.1 Å². The number of anilines is 1. The molecule has 3 aromatic rings. The van der Waals surface area contributed by atoms with Crippen molar-refractivity contribution in [3.05, 3.63) is 48.5 Å². The number of hydrogen-bond acceptors (Lipinski definition) is 3. The fourth-order valence-electron chi connectivity index (χ4n) is 2.53. The van der Waals surface area contributed by atoms with Crippen LogP contribution in [0.5, 0.6) is 11.5 Å². The van der Waals surface area contributed by atoms with E-state index in [1.165, 1.54) is 12.1 Å². The van der Waals surface area contributed by atoms with Crippen LogP contribution in [0.25, 0.3) is 11.0 Å². The van der Waals surface area contributed by atoms with Crippen molar-refractivity contribution in [2.24, 2.45) is 0 Å². The van der Waals surface area contributed by atoms with Crippen LogP contribution in [0, 0.1) is 5.82 Å². The number of carbonyl (C=O) groups is 1. The summed E-state index contributed by atoms with van der Waals surface area (Å²) in [6, 6.07) is 7.88. The second-order valence-electron chi connectivity index (χ2n) is 7.09. The third-order valence-corrected chi connectivity index (χ3v) is 4.61. The number of nitrogens with two attached hydrogens (primary N) is 1. The minimum absolute atomic E-state index is 0. The molecule has 2 heterocycles. The SMILES string of the molecule is CCC(C)(C)[NH2+]CC(=O)Nc1ccc(Oc2ccnc3[nH]ccc23)c(F)c1.[Cl-]. The van der Waals surface area contributed by atoms with Gasteiger partial charge in [-0.05, 0) is 44.5 Å². The normalized spacial score (nSPS) is 11.1. The van der Waals surface area contributed by atoms with E-state index in [1.807, 2.05) is 11.4 Å². The molecule has 0 bridgehead atoms. The van der Waals surface area contributed by atoms with Gasteiger partial charge >= 0.3 is 0 Å². The topological polar surface area (TPSA) is 83.6 Å². The van der Waals surface area contributed by atoms with Gasteiger partial charge in [0.1, 0.15) is 11.4 Å². The average Bonchev–Trinajstić information content (AvgIpc) is 3.12. The van der Waals surface area contributed by atoms with Crippen LogP contribution in [0.15, 0.2) is 42.7 Å². The molecule has 0 aliphatic heterocycles. The molecule has 6 nitrogen and oxygen atoms in total. The van der Waals surface area contributed by atoms with E-state index in [4.69, 9.17) is 4.74 Å². The highest BCUT2D eigenvalue weighted by Crippen LogP contribution is 2.30. The number of hydrogen-bond donors (Lipinski definition) is 3. The summed E-state index contributed by atoms with van der Waals surface area (Å²) in [7, 11) is 0. The zero-order valence-electron chi connectivity index (χ0n) is 16.1. The number of fused-ring (bicyclic) bond motifs is 1. The minimum Gasteiger partial charge on any atom is -1.00 e. The summed E-state index contributed by atoms with van der Waals surface area (Å²) in [5, 5.41) is 5.46. The number of pyridine rings is 1. The molecule has 0 fully saturated rings. The maximum absolute atomic E-state index is 14.4. The van der Waals surface area contributed by atoms with E-state index in [0.717, 1.165) is 11.8 Å². The number of quaternary nitrogens is 1. The quantitative estimate of drug-likeness (QED) is 0.523. The van der Waals surface area contributed by atoms with Crippen molar-refractivity contribution in [3.63, 3.8) is 0 Å². The second kappa shape index (κ2) is 9.03. The second-order valence-corrected chi connectivity index (χ2v) is 7.09. The van der Waals surface area contributed by atoms with Gasteiger partial charge in [0.05, 0.1) is 10.9 Å². The minimum atomic E-state index is -0.550. The van der Waals surface area contributed by atoms with Crippen LogP contribution in [0.3, 0.4) is 0 Å². The summed E-state index contributed by atoms with van der Waals surface area (Å²) in [6.07, 6.45) is 4.29. The van der Waals surface area contributed by atoms with Gasteiger partial charge in [-0.15, -0.1) is 0 Å². The molecule has 0 atom stereocenters. The molecule has 4 N–H and O–H groups in total. The highest BCUT2D eigenvalue weighted by atomic mass is 35.5. The third kappa shape index (κ3) is 5.21. The van der Waals surface area contributed by atoms with Gasteiger partial charge in [-0.3, -0.25) is 4.79 Å². The Kier molecular flexibility index (Phi) is 6.99. The van der Waals surface area contributed by atoms with Gasteiger partial charge in [0.25, 0.3) is 5.91 Å². The van der Waals surface area contributed by atoms with E-state index >= 15 is 0 Å². The van der Waals surface area contributed by atoms with Crippen molar-refractivity contribution in [1.82, 2.24) is 9.97 Å². The van der Waals surface area contributed by atoms with Gasteiger partial charge < -0.3 is 32.8 Å². The molecular formula is C20H24ClFN4O2. The Labute approximate surface area is 169 Å². The lowest BCUT2D eigenvalue weighted by molar-refractivity contribution is -0.711. The first-order valence-electron chi connectivity index (χ1n) is 8.92. The van der Waals surface area contributed by atoms with E-state index in [9.17, 15) is 9.18 Å². The first-order chi connectivity index (χ1) is 12.9. The molecule has 1 aromatic carbocycles. The lowest BCUT2D eigenvalue weighted by atomic mass is 10.0. The number of ether oxygens (including phenoxy) is 1. The molecule has 0 aliphatic rings. The summed E-state index contributed by atoms with van der Waals surface area (Å²) in [4.78, 5) is 19.2. The zero-order valence-corrected chi connectivity index (χ0v) is 16.8. The van der Waals surface area contributed by atoms with E-state index in [2.05, 4.69) is 36.1 Å². The predicted octanol–water partition coefficient (Wildman–Crippen LogP) is 0.189. The van der Waals surface area contributed by atoms with Crippen molar-refractivity contribution in [2.45, 2.75) is 32.7 Å². The molecule has 8 heteroatoms. The number of amides is 1. The van der Waals surface area contributed by atoms with Crippen molar-refractivity contribution < 1.29 is 31.6 Å². The summed E-state index contributed by atoms with van der Waals surface area (Å²) < 4.78 is 20.1. The fourth-order valence-corrected chi connectivity index (χ4v) is 2.53. The summed E-state index contributed by atoms with van der Waals surface area (Å²) in [5.74, 6) is -0.132. The van der Waals surface area contributed by atoms with Crippen LogP contribution >= 0.6 is 0 Å². The highest BCUT2D eigenvalue weighted by molar-refractivity contribution is 5.91. The molecule has 2 aromatic heterocycles. The molecule has 28 heavy (non-hydrogen) atoms. The number of H-pyrrole nitrogens is 1. The van der Waals surface area contributed by atoms with Crippen molar-refractivity contribution >= 4 is 22.6 Å². The standard InChI is InChI=1S/C20H23FN4O2.ClH/c1-4-20(2,3)24-12-18(26)25-13-5-6-17(15(21)11-13)27-16-8-10-23-19-14(16)7-9-22-19;/h5-11,24H,4,12H2,1-3H3,(H,22,23)(H,25,26);1H. The van der Waals surface area contributed by atoms with Crippen LogP contribution < -0.4 is 27.8 Å². The first kappa shape index (κ1) is 21.7. The summed E-state index contributed by atoms with van der Waals surface area (Å²) >= 11 is 0. The number of aromatic nitrogens is 2. The van der Waals surface area contributed by atoms with Crippen LogP contribution in [0.2, 0.25) is 0 Å². The Balaban J connectivity index is 0.00000280.